The van der Waals surface area contributed by atoms with E-state index in [9.17, 15) is 0 Å². The lowest BCUT2D eigenvalue weighted by Crippen LogP contribution is -2.19. The highest BCUT2D eigenvalue weighted by molar-refractivity contribution is 5.88. The Bertz CT molecular complexity index is 2770. The molecule has 3 aliphatic carbocycles. The minimum atomic E-state index is 0.248. The molecule has 0 heteroatoms. The van der Waals surface area contributed by atoms with Gasteiger partial charge in [0.05, 0.1) is 0 Å². The number of fused-ring (bicyclic) bond motifs is 6. The Hall–Kier alpha value is -5.72. The first kappa shape index (κ1) is 50.7. The molecule has 0 aliphatic heterocycles. The minimum absolute atomic E-state index is 0.248. The van der Waals surface area contributed by atoms with E-state index in [-0.39, 0.29) is 5.92 Å². The summed E-state index contributed by atoms with van der Waals surface area (Å²) in [6, 6.07) is 64.4. The molecule has 4 unspecified atom stereocenters. The summed E-state index contributed by atoms with van der Waals surface area (Å²) in [6.45, 7) is 18.8. The zero-order valence-corrected chi connectivity index (χ0v) is 44.1. The molecule has 7 aromatic carbocycles. The second-order valence-corrected chi connectivity index (χ2v) is 21.3. The molecular weight excluding hydrogens is 841 g/mol. The van der Waals surface area contributed by atoms with Crippen LogP contribution in [0.1, 0.15) is 200 Å². The number of hydrogen-bond donors (Lipinski definition) is 0. The van der Waals surface area contributed by atoms with Gasteiger partial charge < -0.3 is 0 Å². The first-order valence-electron chi connectivity index (χ1n) is 27.6. The van der Waals surface area contributed by atoms with Crippen LogP contribution in [0.15, 0.2) is 175 Å². The highest BCUT2D eigenvalue weighted by Gasteiger charge is 2.36. The monoisotopic (exact) mass is 923 g/mol. The normalized spacial score (nSPS) is 18.2. The fourth-order valence-electron chi connectivity index (χ4n) is 11.9. The molecule has 0 heterocycles. The van der Waals surface area contributed by atoms with Gasteiger partial charge in [0.25, 0.3) is 0 Å². The summed E-state index contributed by atoms with van der Waals surface area (Å²) in [5.74, 6) is 2.92. The average Bonchev–Trinajstić information content (AvgIpc) is 3.51. The van der Waals surface area contributed by atoms with Crippen LogP contribution in [0.3, 0.4) is 0 Å². The molecule has 0 N–H and O–H groups in total. The lowest BCUT2D eigenvalue weighted by Gasteiger charge is -2.37. The standard InChI is InChI=1S/C57H54.C7H16.C6H12/c1-37(2)45-22-12-16-26-51(45)56(38(3)28-29-41-18-8-6-9-19-41)57-40(5)47-33-31-44(36-55(47)50-25-15-17-27-52(50)57)43-30-32-46-39(4)34-53(42-20-10-7-11-21-42)48-23-13-14-24-49(48)54(46)35-43;1-3-5-7-6-4-2;1-2-6-4-3-5-6/h6-27,30-33,35-37,39-40,53,57H,28-29,34H2,1-5H3;3-7H2,1-2H3;6H,2-5H2,1H3/b56-38-;;. The molecule has 1 saturated carbocycles. The van der Waals surface area contributed by atoms with Gasteiger partial charge in [0.2, 0.25) is 0 Å². The van der Waals surface area contributed by atoms with E-state index in [1.54, 1.807) is 0 Å². The highest BCUT2D eigenvalue weighted by atomic mass is 14.4. The Balaban J connectivity index is 0.000000444. The van der Waals surface area contributed by atoms with Crippen molar-refractivity contribution in [3.8, 4) is 33.4 Å². The topological polar surface area (TPSA) is 0 Å². The second kappa shape index (κ2) is 24.4. The second-order valence-electron chi connectivity index (χ2n) is 21.3. The van der Waals surface area contributed by atoms with Gasteiger partial charge in [0, 0.05) is 11.8 Å². The first-order chi connectivity index (χ1) is 34.2. The third kappa shape index (κ3) is 11.6. The maximum absolute atomic E-state index is 2.50. The summed E-state index contributed by atoms with van der Waals surface area (Å²) in [4.78, 5) is 0. The predicted molar refractivity (Wildman–Crippen MR) is 305 cm³/mol. The SMILES string of the molecule is C/C(CCc1ccccc1)=C(\c1ccccc1C(C)C)C1c2ccccc2-c2cc(-c3ccc4c(c3)-c3ccccc3C(c3ccccc3)CC4C)ccc2C1C.CCC1CCC1.CCCCCCC. The number of hydrogen-bond acceptors (Lipinski definition) is 0. The smallest absolute Gasteiger partial charge is 0.0167 e. The molecule has 1 fully saturated rings. The fourth-order valence-corrected chi connectivity index (χ4v) is 11.9. The Morgan fingerprint density at radius 3 is 1.70 bits per heavy atom. The fraction of sp³-hybridized carbons (Fsp3) is 0.371. The van der Waals surface area contributed by atoms with Gasteiger partial charge in [-0.25, -0.2) is 0 Å². The molecule has 70 heavy (non-hydrogen) atoms. The van der Waals surface area contributed by atoms with Crippen molar-refractivity contribution in [1.82, 2.24) is 0 Å². The summed E-state index contributed by atoms with van der Waals surface area (Å²) in [5.41, 5.74) is 22.5. The molecule has 0 nitrogen and oxygen atoms in total. The minimum Gasteiger partial charge on any atom is -0.0685 e. The number of rotatable bonds is 13. The third-order valence-corrected chi connectivity index (χ3v) is 16.2. The molecule has 0 aromatic heterocycles. The number of allylic oxidation sites excluding steroid dienone is 2. The molecule has 0 bridgehead atoms. The molecule has 362 valence electrons. The Kier molecular flexibility index (Phi) is 17.7. The summed E-state index contributed by atoms with van der Waals surface area (Å²) in [7, 11) is 0. The molecule has 0 saturated heterocycles. The van der Waals surface area contributed by atoms with Gasteiger partial charge in [-0.15, -0.1) is 0 Å². The van der Waals surface area contributed by atoms with E-state index in [1.807, 2.05) is 0 Å². The maximum atomic E-state index is 2.50. The Morgan fingerprint density at radius 1 is 0.543 bits per heavy atom. The Morgan fingerprint density at radius 2 is 1.10 bits per heavy atom. The summed E-state index contributed by atoms with van der Waals surface area (Å²) >= 11 is 0. The number of aryl methyl sites for hydroxylation is 1. The molecule has 4 atom stereocenters. The molecule has 0 spiro atoms. The van der Waals surface area contributed by atoms with Crippen LogP contribution in [0.5, 0.6) is 0 Å². The van der Waals surface area contributed by atoms with E-state index >= 15 is 0 Å². The van der Waals surface area contributed by atoms with Crippen LogP contribution in [-0.4, -0.2) is 0 Å². The van der Waals surface area contributed by atoms with Crippen LogP contribution in [-0.2, 0) is 6.42 Å². The van der Waals surface area contributed by atoms with Gasteiger partial charge in [-0.2, -0.15) is 0 Å². The highest BCUT2D eigenvalue weighted by Crippen LogP contribution is 2.55. The summed E-state index contributed by atoms with van der Waals surface area (Å²) in [5, 5.41) is 0. The van der Waals surface area contributed by atoms with Crippen LogP contribution in [0.4, 0.5) is 0 Å². The van der Waals surface area contributed by atoms with E-state index in [4.69, 9.17) is 0 Å². The molecule has 0 radical (unpaired) electrons. The summed E-state index contributed by atoms with van der Waals surface area (Å²) < 4.78 is 0. The van der Waals surface area contributed by atoms with E-state index < -0.39 is 0 Å². The van der Waals surface area contributed by atoms with Crippen molar-refractivity contribution in [2.45, 2.75) is 162 Å². The zero-order valence-electron chi connectivity index (χ0n) is 44.1. The maximum Gasteiger partial charge on any atom is 0.0167 e. The number of benzene rings is 7. The van der Waals surface area contributed by atoms with E-state index in [0.717, 1.165) is 25.2 Å². The quantitative estimate of drug-likeness (QED) is 0.101. The van der Waals surface area contributed by atoms with Crippen molar-refractivity contribution in [2.75, 3.05) is 0 Å². The lowest BCUT2D eigenvalue weighted by atomic mass is 9.66. The lowest BCUT2D eigenvalue weighted by molar-refractivity contribution is 0.307. The Labute approximate surface area is 424 Å². The van der Waals surface area contributed by atoms with Crippen LogP contribution in [0, 0.1) is 5.92 Å². The molecule has 0 amide bonds. The van der Waals surface area contributed by atoms with E-state index in [1.165, 1.54) is 147 Å². The van der Waals surface area contributed by atoms with E-state index in [2.05, 4.69) is 225 Å². The predicted octanol–water partition coefficient (Wildman–Crippen LogP) is 20.9. The van der Waals surface area contributed by atoms with Crippen molar-refractivity contribution < 1.29 is 0 Å². The van der Waals surface area contributed by atoms with Gasteiger partial charge in [0.15, 0.2) is 0 Å². The van der Waals surface area contributed by atoms with Crippen LogP contribution < -0.4 is 0 Å². The van der Waals surface area contributed by atoms with Gasteiger partial charge in [-0.05, 0) is 145 Å². The first-order valence-corrected chi connectivity index (χ1v) is 27.6. The number of unbranched alkanes of at least 4 members (excludes halogenated alkanes) is 4. The molecule has 7 aromatic rings. The van der Waals surface area contributed by atoms with Crippen LogP contribution in [0.2, 0.25) is 0 Å². The largest absolute Gasteiger partial charge is 0.0685 e. The van der Waals surface area contributed by atoms with Crippen molar-refractivity contribution in [3.63, 3.8) is 0 Å². The van der Waals surface area contributed by atoms with Crippen molar-refractivity contribution in [1.29, 1.82) is 0 Å². The van der Waals surface area contributed by atoms with Gasteiger partial charge in [-0.1, -0.05) is 270 Å². The van der Waals surface area contributed by atoms with Crippen molar-refractivity contribution in [2.24, 2.45) is 5.92 Å². The van der Waals surface area contributed by atoms with Crippen molar-refractivity contribution >= 4 is 5.57 Å². The molecule has 3 aliphatic rings. The molecular formula is C70H82. The summed E-state index contributed by atoms with van der Waals surface area (Å²) in [6.07, 6.45) is 16.1. The van der Waals surface area contributed by atoms with Gasteiger partial charge in [-0.3, -0.25) is 0 Å². The van der Waals surface area contributed by atoms with Gasteiger partial charge in [0.1, 0.15) is 0 Å². The van der Waals surface area contributed by atoms with Crippen LogP contribution in [0.25, 0.3) is 39.0 Å². The zero-order chi connectivity index (χ0) is 49.0. The third-order valence-electron chi connectivity index (χ3n) is 16.2. The van der Waals surface area contributed by atoms with Crippen molar-refractivity contribution in [3.05, 3.63) is 220 Å². The van der Waals surface area contributed by atoms with Gasteiger partial charge >= 0.3 is 0 Å². The molecule has 10 rings (SSSR count). The van der Waals surface area contributed by atoms with E-state index in [0.29, 0.717) is 23.7 Å². The average molecular weight is 923 g/mol. The van der Waals surface area contributed by atoms with Crippen LogP contribution >= 0.6 is 0 Å².